The summed E-state index contributed by atoms with van der Waals surface area (Å²) in [5, 5.41) is 20.2. The fourth-order valence-corrected chi connectivity index (χ4v) is 1.53. The van der Waals surface area contributed by atoms with Gasteiger partial charge in [0, 0.05) is 0 Å². The summed E-state index contributed by atoms with van der Waals surface area (Å²) in [5.74, 6) is 6.78. The molecule has 0 aliphatic carbocycles. The Hall–Kier alpha value is -0.520. The lowest BCUT2D eigenvalue weighted by atomic mass is 9.92. The summed E-state index contributed by atoms with van der Waals surface area (Å²) in [6, 6.07) is 0. The monoisotopic (exact) mass is 254 g/mol. The van der Waals surface area contributed by atoms with Gasteiger partial charge in [0.25, 0.3) is 0 Å². The van der Waals surface area contributed by atoms with Crippen molar-refractivity contribution in [1.82, 2.24) is 0 Å². The molecule has 18 heavy (non-hydrogen) atoms. The Kier molecular flexibility index (Phi) is 6.96. The number of hydrogen-bond acceptors (Lipinski definition) is 2. The molecule has 0 rings (SSSR count). The lowest BCUT2D eigenvalue weighted by Crippen LogP contribution is -2.26. The minimum atomic E-state index is -0.994. The van der Waals surface area contributed by atoms with Crippen LogP contribution in [0.1, 0.15) is 67.2 Å². The molecule has 0 aromatic carbocycles. The molecule has 0 aliphatic rings. The van der Waals surface area contributed by atoms with Crippen LogP contribution >= 0.6 is 0 Å². The van der Waals surface area contributed by atoms with Gasteiger partial charge in [0.2, 0.25) is 0 Å². The minimum absolute atomic E-state index is 0.555. The van der Waals surface area contributed by atoms with Crippen LogP contribution in [0.5, 0.6) is 0 Å². The largest absolute Gasteiger partial charge is 0.378 e. The molecule has 2 nitrogen and oxygen atoms in total. The molecule has 0 saturated heterocycles. The van der Waals surface area contributed by atoms with Crippen LogP contribution < -0.4 is 0 Å². The van der Waals surface area contributed by atoms with Gasteiger partial charge in [-0.2, -0.15) is 0 Å². The predicted molar refractivity (Wildman–Crippen MR) is 77.2 cm³/mol. The van der Waals surface area contributed by atoms with Gasteiger partial charge in [-0.15, -0.1) is 0 Å². The summed E-state index contributed by atoms with van der Waals surface area (Å²) in [6.07, 6.45) is 3.18. The van der Waals surface area contributed by atoms with Crippen molar-refractivity contribution in [3.63, 3.8) is 0 Å². The first-order chi connectivity index (χ1) is 8.04. The van der Waals surface area contributed by atoms with Crippen molar-refractivity contribution in [2.75, 3.05) is 0 Å². The Bertz CT molecular complexity index is 262. The van der Waals surface area contributed by atoms with Crippen molar-refractivity contribution in [1.29, 1.82) is 0 Å². The lowest BCUT2D eigenvalue weighted by Gasteiger charge is -2.21. The molecule has 2 N–H and O–H groups in total. The average Bonchev–Trinajstić information content (AvgIpc) is 2.22. The third kappa shape index (κ3) is 9.50. The smallest absolute Gasteiger partial charge is 0.122 e. The summed E-state index contributed by atoms with van der Waals surface area (Å²) in [5.41, 5.74) is -1.99. The van der Waals surface area contributed by atoms with E-state index in [9.17, 15) is 10.2 Å². The van der Waals surface area contributed by atoms with E-state index in [1.54, 1.807) is 13.8 Å². The first-order valence-electron chi connectivity index (χ1n) is 7.03. The molecule has 0 radical (unpaired) electrons. The van der Waals surface area contributed by atoms with E-state index >= 15 is 0 Å². The molecule has 0 heterocycles. The average molecular weight is 254 g/mol. The standard InChI is InChI=1S/C16H30O2/c1-13(2)7-9-15(5,17)11-12-16(6,18)10-8-14(3)4/h13-14,17-18H,7-10H2,1-6H3. The first-order valence-corrected chi connectivity index (χ1v) is 7.03. The second kappa shape index (κ2) is 7.16. The van der Waals surface area contributed by atoms with E-state index in [-0.39, 0.29) is 0 Å². The van der Waals surface area contributed by atoms with Crippen LogP contribution in [0.2, 0.25) is 0 Å². The summed E-state index contributed by atoms with van der Waals surface area (Å²) >= 11 is 0. The van der Waals surface area contributed by atoms with Crippen LogP contribution in [0.3, 0.4) is 0 Å². The summed E-state index contributed by atoms with van der Waals surface area (Å²) in [6.45, 7) is 12.0. The fourth-order valence-electron chi connectivity index (χ4n) is 1.53. The molecule has 106 valence electrons. The van der Waals surface area contributed by atoms with Crippen molar-refractivity contribution in [3.8, 4) is 11.8 Å². The molecule has 0 aromatic heterocycles. The molecule has 0 fully saturated rings. The molecular weight excluding hydrogens is 224 g/mol. The van der Waals surface area contributed by atoms with E-state index in [1.165, 1.54) is 0 Å². The van der Waals surface area contributed by atoms with Gasteiger partial charge in [0.15, 0.2) is 0 Å². The highest BCUT2D eigenvalue weighted by molar-refractivity contribution is 5.19. The van der Waals surface area contributed by atoms with Crippen LogP contribution in [-0.2, 0) is 0 Å². The quantitative estimate of drug-likeness (QED) is 0.714. The third-order valence-corrected chi connectivity index (χ3v) is 3.02. The zero-order valence-electron chi connectivity index (χ0n) is 12.9. The van der Waals surface area contributed by atoms with Crippen molar-refractivity contribution in [3.05, 3.63) is 0 Å². The summed E-state index contributed by atoms with van der Waals surface area (Å²) in [4.78, 5) is 0. The van der Waals surface area contributed by atoms with E-state index in [2.05, 4.69) is 39.5 Å². The highest BCUT2D eigenvalue weighted by atomic mass is 16.3. The van der Waals surface area contributed by atoms with E-state index in [0.717, 1.165) is 12.8 Å². The Morgan fingerprint density at radius 3 is 1.28 bits per heavy atom. The van der Waals surface area contributed by atoms with Gasteiger partial charge in [-0.3, -0.25) is 0 Å². The molecule has 2 unspecified atom stereocenters. The Morgan fingerprint density at radius 1 is 0.778 bits per heavy atom. The molecule has 0 bridgehead atoms. The number of hydrogen-bond donors (Lipinski definition) is 2. The molecular formula is C16H30O2. The second-order valence-corrected chi connectivity index (χ2v) is 6.66. The maximum Gasteiger partial charge on any atom is 0.122 e. The van der Waals surface area contributed by atoms with Gasteiger partial charge in [-0.25, -0.2) is 0 Å². The Morgan fingerprint density at radius 2 is 1.06 bits per heavy atom. The lowest BCUT2D eigenvalue weighted by molar-refractivity contribution is 0.0936. The van der Waals surface area contributed by atoms with Crippen molar-refractivity contribution in [2.45, 2.75) is 78.4 Å². The van der Waals surface area contributed by atoms with Crippen molar-refractivity contribution < 1.29 is 10.2 Å². The maximum atomic E-state index is 10.1. The molecule has 0 aliphatic heterocycles. The predicted octanol–water partition coefficient (Wildman–Crippen LogP) is 3.36. The van der Waals surface area contributed by atoms with Crippen molar-refractivity contribution >= 4 is 0 Å². The van der Waals surface area contributed by atoms with Gasteiger partial charge in [0.1, 0.15) is 11.2 Å². The molecule has 2 atom stereocenters. The normalized spacial score (nSPS) is 18.1. The SMILES string of the molecule is CC(C)CCC(C)(O)C#CC(C)(O)CCC(C)C. The Balaban J connectivity index is 4.42. The van der Waals surface area contributed by atoms with Gasteiger partial charge >= 0.3 is 0 Å². The van der Waals surface area contributed by atoms with Gasteiger partial charge in [0.05, 0.1) is 0 Å². The van der Waals surface area contributed by atoms with E-state index in [1.807, 2.05) is 0 Å². The molecule has 0 amide bonds. The Labute approximate surface area is 113 Å². The summed E-state index contributed by atoms with van der Waals surface area (Å²) < 4.78 is 0. The summed E-state index contributed by atoms with van der Waals surface area (Å²) in [7, 11) is 0. The maximum absolute atomic E-state index is 10.1. The van der Waals surface area contributed by atoms with Crippen LogP contribution in [0, 0.1) is 23.7 Å². The van der Waals surface area contributed by atoms with Gasteiger partial charge < -0.3 is 10.2 Å². The highest BCUT2D eigenvalue weighted by Gasteiger charge is 2.21. The number of rotatable bonds is 6. The van der Waals surface area contributed by atoms with Crippen molar-refractivity contribution in [2.24, 2.45) is 11.8 Å². The van der Waals surface area contributed by atoms with Gasteiger partial charge in [-0.05, 0) is 51.4 Å². The second-order valence-electron chi connectivity index (χ2n) is 6.66. The fraction of sp³-hybridized carbons (Fsp3) is 0.875. The molecule has 0 aromatic rings. The van der Waals surface area contributed by atoms with Gasteiger partial charge in [-0.1, -0.05) is 39.5 Å². The number of aliphatic hydroxyl groups is 2. The zero-order chi connectivity index (χ0) is 14.4. The first kappa shape index (κ1) is 17.5. The minimum Gasteiger partial charge on any atom is -0.378 e. The molecule has 0 spiro atoms. The van der Waals surface area contributed by atoms with E-state index in [0.29, 0.717) is 24.7 Å². The highest BCUT2D eigenvalue weighted by Crippen LogP contribution is 2.18. The van der Waals surface area contributed by atoms with E-state index in [4.69, 9.17) is 0 Å². The van der Waals surface area contributed by atoms with Crippen LogP contribution in [-0.4, -0.2) is 21.4 Å². The third-order valence-electron chi connectivity index (χ3n) is 3.02. The van der Waals surface area contributed by atoms with Crippen LogP contribution in [0.25, 0.3) is 0 Å². The zero-order valence-corrected chi connectivity index (χ0v) is 12.9. The molecule has 0 saturated carbocycles. The topological polar surface area (TPSA) is 40.5 Å². The molecule has 2 heteroatoms. The van der Waals surface area contributed by atoms with Crippen LogP contribution in [0.15, 0.2) is 0 Å². The van der Waals surface area contributed by atoms with E-state index < -0.39 is 11.2 Å². The van der Waals surface area contributed by atoms with Crippen LogP contribution in [0.4, 0.5) is 0 Å².